The number of halogens is 1. The standard InChI is InChI=1S/C67H72FN9O14/c1-6-67(88)46-28-52-60-43(33-77(52)63(85)45(46)35-89-64(67)86)59-48(23-22-38-36(2)47(68)29-50(75-60)58(38)59)73-53(78)21-14-26-69-54(79)30-72-62(84)51(27-37-15-8-7-9-16-37)74-56(81)32-70-55(80)31-71-61(83)49(24-25-57(82)91-66(3,4)5)76-65(87)90-34-44-41-19-12-10-17-39(41)40-18-11-13-20-42(40)44/h7-13,15-20,28-29,44,48-49,51,88H,6,14,21-27,30-35H2,1-5H3,(H,69,79)(H,70,80)(H,71,83)(H,72,84)(H,73,78)(H,74,81)(H,76,87)/t48-,49-,51-,67-/m0/s1. The Kier molecular flexibility index (Phi) is 19.1. The lowest BCUT2D eigenvalue weighted by atomic mass is 9.81. The number of esters is 2. The van der Waals surface area contributed by atoms with Gasteiger partial charge in [-0.15, -0.1) is 0 Å². The summed E-state index contributed by atoms with van der Waals surface area (Å²) in [7, 11) is 0. The Morgan fingerprint density at radius 3 is 2.11 bits per heavy atom. The van der Waals surface area contributed by atoms with E-state index in [1.54, 1.807) is 71.0 Å². The molecule has 7 amide bonds. The number of benzene rings is 4. The van der Waals surface area contributed by atoms with Gasteiger partial charge in [-0.1, -0.05) is 85.8 Å². The van der Waals surface area contributed by atoms with Gasteiger partial charge in [-0.3, -0.25) is 38.4 Å². The zero-order valence-electron chi connectivity index (χ0n) is 51.1. The number of aromatic nitrogens is 2. The van der Waals surface area contributed by atoms with Crippen molar-refractivity contribution in [3.63, 3.8) is 0 Å². The lowest BCUT2D eigenvalue weighted by Crippen LogP contribution is -2.53. The molecule has 6 aromatic rings. The van der Waals surface area contributed by atoms with Crippen LogP contribution in [0, 0.1) is 12.7 Å². The van der Waals surface area contributed by atoms with Gasteiger partial charge in [0, 0.05) is 54.3 Å². The van der Waals surface area contributed by atoms with Gasteiger partial charge in [0.2, 0.25) is 35.4 Å². The van der Waals surface area contributed by atoms with Crippen LogP contribution in [0.3, 0.4) is 0 Å². The minimum Gasteiger partial charge on any atom is -0.460 e. The Morgan fingerprint density at radius 2 is 1.43 bits per heavy atom. The number of fused-ring (bicyclic) bond motifs is 8. The first-order valence-electron chi connectivity index (χ1n) is 30.4. The summed E-state index contributed by atoms with van der Waals surface area (Å²) in [5.74, 6) is -6.24. The molecule has 2 aliphatic heterocycles. The third kappa shape index (κ3) is 14.1. The highest BCUT2D eigenvalue weighted by molar-refractivity contribution is 5.96. The molecule has 8 N–H and O–H groups in total. The average molecular weight is 1250 g/mol. The lowest BCUT2D eigenvalue weighted by molar-refractivity contribution is -0.172. The third-order valence-corrected chi connectivity index (χ3v) is 16.9. The molecule has 2 aromatic heterocycles. The Hall–Kier alpha value is -9.84. The van der Waals surface area contributed by atoms with Crippen LogP contribution in [0.4, 0.5) is 9.18 Å². The molecule has 0 bridgehead atoms. The molecule has 0 radical (unpaired) electrons. The first-order chi connectivity index (χ1) is 43.5. The zero-order valence-corrected chi connectivity index (χ0v) is 51.1. The quantitative estimate of drug-likeness (QED) is 0.0246. The van der Waals surface area contributed by atoms with Crippen molar-refractivity contribution >= 4 is 64.4 Å². The van der Waals surface area contributed by atoms with Crippen molar-refractivity contribution in [2.45, 2.75) is 134 Å². The van der Waals surface area contributed by atoms with E-state index in [0.29, 0.717) is 57.4 Å². The van der Waals surface area contributed by atoms with Gasteiger partial charge in [-0.2, -0.15) is 0 Å². The number of amides is 7. The number of nitrogens with zero attached hydrogens (tertiary/aromatic N) is 2. The number of hydrogen-bond acceptors (Lipinski definition) is 15. The van der Waals surface area contributed by atoms with Crippen molar-refractivity contribution in [1.29, 1.82) is 0 Å². The van der Waals surface area contributed by atoms with Gasteiger partial charge in [0.1, 0.15) is 36.7 Å². The summed E-state index contributed by atoms with van der Waals surface area (Å²) in [6.45, 7) is 6.37. The van der Waals surface area contributed by atoms with Crippen LogP contribution >= 0.6 is 0 Å². The van der Waals surface area contributed by atoms with Gasteiger partial charge in [0.25, 0.3) is 5.56 Å². The van der Waals surface area contributed by atoms with Crippen LogP contribution in [0.5, 0.6) is 0 Å². The molecule has 24 heteroatoms. The highest BCUT2D eigenvalue weighted by Gasteiger charge is 2.46. The lowest BCUT2D eigenvalue weighted by Gasteiger charge is -2.31. The summed E-state index contributed by atoms with van der Waals surface area (Å²) in [4.78, 5) is 138. The van der Waals surface area contributed by atoms with Crippen molar-refractivity contribution in [1.82, 2.24) is 46.8 Å². The molecule has 0 saturated heterocycles. The highest BCUT2D eigenvalue weighted by Crippen LogP contribution is 2.47. The normalized spacial score (nSPS) is 16.5. The molecule has 4 aromatic carbocycles. The molecule has 4 heterocycles. The van der Waals surface area contributed by atoms with Gasteiger partial charge < -0.3 is 61.1 Å². The first-order valence-corrected chi connectivity index (χ1v) is 30.4. The van der Waals surface area contributed by atoms with Crippen LogP contribution in [0.25, 0.3) is 33.4 Å². The zero-order chi connectivity index (χ0) is 64.9. The van der Waals surface area contributed by atoms with Crippen LogP contribution in [0.1, 0.15) is 128 Å². The smallest absolute Gasteiger partial charge is 0.407 e. The summed E-state index contributed by atoms with van der Waals surface area (Å²) in [5.41, 5.74) is 5.19. The van der Waals surface area contributed by atoms with Crippen molar-refractivity contribution in [3.8, 4) is 22.5 Å². The first kappa shape index (κ1) is 64.2. The van der Waals surface area contributed by atoms with Crippen molar-refractivity contribution < 1.29 is 66.9 Å². The molecule has 23 nitrogen and oxygen atoms in total. The van der Waals surface area contributed by atoms with E-state index in [1.165, 1.54) is 10.6 Å². The number of ether oxygens (including phenoxy) is 3. The number of hydrogen-bond donors (Lipinski definition) is 8. The topological polar surface area (TPSA) is 321 Å². The number of cyclic esters (lactones) is 1. The van der Waals surface area contributed by atoms with Crippen LogP contribution < -0.4 is 42.8 Å². The number of aryl methyl sites for hydroxylation is 1. The molecular formula is C67H72FN9O14. The molecule has 91 heavy (non-hydrogen) atoms. The predicted octanol–water partition coefficient (Wildman–Crippen LogP) is 4.63. The van der Waals surface area contributed by atoms with Gasteiger partial charge in [0.15, 0.2) is 5.60 Å². The number of aliphatic hydroxyl groups is 1. The van der Waals surface area contributed by atoms with Gasteiger partial charge in [-0.25, -0.2) is 19.0 Å². The molecule has 4 aliphatic rings. The molecule has 0 unspecified atom stereocenters. The van der Waals surface area contributed by atoms with E-state index < -0.39 is 108 Å². The maximum absolute atomic E-state index is 15.5. The second kappa shape index (κ2) is 27.1. The van der Waals surface area contributed by atoms with Gasteiger partial charge in [0.05, 0.1) is 54.7 Å². The summed E-state index contributed by atoms with van der Waals surface area (Å²) in [6, 6.07) is 24.1. The fraction of sp³-hybridized carbons (Fsp3) is 0.388. The molecule has 10 rings (SSSR count). The van der Waals surface area contributed by atoms with Crippen LogP contribution in [0.15, 0.2) is 95.8 Å². The summed E-state index contributed by atoms with van der Waals surface area (Å²) < 4.78 is 33.2. The number of rotatable bonds is 23. The molecule has 2 aliphatic carbocycles. The Balaban J connectivity index is 0.698. The molecular weight excluding hydrogens is 1170 g/mol. The summed E-state index contributed by atoms with van der Waals surface area (Å²) in [6.07, 6.45) is -0.425. The van der Waals surface area contributed by atoms with Crippen LogP contribution in [0.2, 0.25) is 0 Å². The van der Waals surface area contributed by atoms with Crippen molar-refractivity contribution in [3.05, 3.63) is 157 Å². The monoisotopic (exact) mass is 1250 g/mol. The van der Waals surface area contributed by atoms with E-state index in [-0.39, 0.29) is 87.8 Å². The van der Waals surface area contributed by atoms with E-state index >= 15 is 4.39 Å². The van der Waals surface area contributed by atoms with E-state index in [4.69, 9.17) is 19.2 Å². The van der Waals surface area contributed by atoms with Crippen LogP contribution in [-0.4, -0.2) is 119 Å². The number of nitrogens with one attached hydrogen (secondary N) is 7. The molecule has 4 atom stereocenters. The van der Waals surface area contributed by atoms with Gasteiger partial charge >= 0.3 is 18.0 Å². The van der Waals surface area contributed by atoms with Crippen molar-refractivity contribution in [2.24, 2.45) is 0 Å². The fourth-order valence-corrected chi connectivity index (χ4v) is 12.3. The van der Waals surface area contributed by atoms with E-state index in [1.807, 2.05) is 48.5 Å². The second-order valence-electron chi connectivity index (χ2n) is 24.1. The Labute approximate surface area is 523 Å². The maximum Gasteiger partial charge on any atom is 0.407 e. The number of alkyl carbamates (subject to hydrolysis) is 1. The summed E-state index contributed by atoms with van der Waals surface area (Å²) in [5, 5.41) is 30.4. The minimum atomic E-state index is -2.05. The fourth-order valence-electron chi connectivity index (χ4n) is 12.3. The summed E-state index contributed by atoms with van der Waals surface area (Å²) >= 11 is 0. The predicted molar refractivity (Wildman–Crippen MR) is 329 cm³/mol. The highest BCUT2D eigenvalue weighted by atomic mass is 19.1. The number of pyridine rings is 2. The largest absolute Gasteiger partial charge is 0.460 e. The molecule has 0 saturated carbocycles. The van der Waals surface area contributed by atoms with Crippen molar-refractivity contribution in [2.75, 3.05) is 32.8 Å². The number of carbonyl (C=O) groups excluding carboxylic acids is 9. The Morgan fingerprint density at radius 1 is 0.780 bits per heavy atom. The second-order valence-corrected chi connectivity index (χ2v) is 24.1. The van der Waals surface area contributed by atoms with E-state index in [0.717, 1.165) is 27.8 Å². The maximum atomic E-state index is 15.5. The number of carbonyl (C=O) groups is 9. The van der Waals surface area contributed by atoms with E-state index in [2.05, 4.69) is 37.2 Å². The van der Waals surface area contributed by atoms with Gasteiger partial charge in [-0.05, 0) is 110 Å². The van der Waals surface area contributed by atoms with E-state index in [9.17, 15) is 53.1 Å². The third-order valence-electron chi connectivity index (χ3n) is 16.9. The SMILES string of the molecule is CC[C@@]1(O)C(=O)OCc2c1cc1n(c2=O)Cc2c-1nc1cc(F)c(C)c3c1c2[C@@H](NC(=O)CCCNC(=O)CNC(=O)[C@H](Cc1ccccc1)NC(=O)CNC(=O)CNC(=O)[C@H](CCC(=O)OC(C)(C)C)NC(=O)OCC1c2ccccc2-c2ccccc21)CC3. The van der Waals surface area contributed by atoms with Crippen LogP contribution in [-0.2, 0) is 84.2 Å². The molecule has 0 spiro atoms. The Bertz CT molecular complexity index is 3930. The average Bonchev–Trinajstić information content (AvgIpc) is 1.64. The minimum absolute atomic E-state index is 0.00557. The molecule has 0 fully saturated rings. The molecule has 476 valence electrons.